The summed E-state index contributed by atoms with van der Waals surface area (Å²) < 4.78 is 39.6. The molecule has 27 heavy (non-hydrogen) atoms. The number of halogens is 3. The van der Waals surface area contributed by atoms with E-state index >= 15 is 0 Å². The van der Waals surface area contributed by atoms with Gasteiger partial charge in [0, 0.05) is 15.7 Å². The van der Waals surface area contributed by atoms with Crippen molar-refractivity contribution in [2.24, 2.45) is 0 Å². The number of hydrogen-bond donors (Lipinski definition) is 1. The number of nitrogens with one attached hydrogen (secondary N) is 1. The lowest BCUT2D eigenvalue weighted by atomic mass is 10.0. The standard InChI is InChI=1S/C20H11F3N2O2/c21-15-5-1-3-13(17(15)22)11-7-9-12(10-8-11)19-24-16-6-2-4-14(18(16)25-19)20(26)27-23/h1-10H,(H,24,25). The number of nitrogens with zero attached hydrogens (tertiary/aromatic N) is 1. The van der Waals surface area contributed by atoms with Crippen molar-refractivity contribution in [2.45, 2.75) is 0 Å². The first-order valence-corrected chi connectivity index (χ1v) is 7.95. The van der Waals surface area contributed by atoms with Gasteiger partial charge in [-0.05, 0) is 23.8 Å². The summed E-state index contributed by atoms with van der Waals surface area (Å²) in [5, 5.41) is 0. The van der Waals surface area contributed by atoms with Crippen molar-refractivity contribution in [3.05, 3.63) is 77.9 Å². The van der Waals surface area contributed by atoms with Crippen LogP contribution in [0.25, 0.3) is 33.5 Å². The Bertz CT molecular complexity index is 1150. The van der Waals surface area contributed by atoms with Crippen LogP contribution in [0.1, 0.15) is 10.4 Å². The molecule has 134 valence electrons. The summed E-state index contributed by atoms with van der Waals surface area (Å²) in [6.07, 6.45) is 0. The number of H-pyrrole nitrogens is 1. The first-order chi connectivity index (χ1) is 13.1. The molecule has 0 unspecified atom stereocenters. The molecule has 0 aliphatic heterocycles. The van der Waals surface area contributed by atoms with Crippen LogP contribution in [0.15, 0.2) is 60.7 Å². The summed E-state index contributed by atoms with van der Waals surface area (Å²) in [5.74, 6) is -2.52. The van der Waals surface area contributed by atoms with Crippen LogP contribution in [-0.4, -0.2) is 15.9 Å². The summed E-state index contributed by atoms with van der Waals surface area (Å²) in [7, 11) is 0. The number of hydrogen-bond acceptors (Lipinski definition) is 3. The predicted octanol–water partition coefficient (Wildman–Crippen LogP) is 5.22. The van der Waals surface area contributed by atoms with E-state index in [-0.39, 0.29) is 16.6 Å². The Morgan fingerprint density at radius 2 is 1.63 bits per heavy atom. The number of aromatic nitrogens is 2. The number of para-hydroxylation sites is 1. The number of carbonyl (C=O) groups excluding carboxylic acids is 1. The number of imidazole rings is 1. The molecule has 0 spiro atoms. The average molecular weight is 368 g/mol. The average Bonchev–Trinajstić information content (AvgIpc) is 3.14. The van der Waals surface area contributed by atoms with Gasteiger partial charge in [0.1, 0.15) is 11.3 Å². The first kappa shape index (κ1) is 16.8. The van der Waals surface area contributed by atoms with E-state index in [1.807, 2.05) is 0 Å². The number of fused-ring (bicyclic) bond motifs is 1. The highest BCUT2D eigenvalue weighted by molar-refractivity contribution is 6.02. The SMILES string of the molecule is O=C(OF)c1cccc2[nH]c(-c3ccc(-c4cccc(F)c4F)cc3)nc12. The zero-order valence-corrected chi connectivity index (χ0v) is 13.7. The topological polar surface area (TPSA) is 55.0 Å². The monoisotopic (exact) mass is 368 g/mol. The summed E-state index contributed by atoms with van der Waals surface area (Å²) >= 11 is 0. The highest BCUT2D eigenvalue weighted by Gasteiger charge is 2.16. The van der Waals surface area contributed by atoms with E-state index in [9.17, 15) is 18.1 Å². The maximum atomic E-state index is 13.9. The number of benzene rings is 3. The predicted molar refractivity (Wildman–Crippen MR) is 93.4 cm³/mol. The van der Waals surface area contributed by atoms with Crippen molar-refractivity contribution in [1.82, 2.24) is 9.97 Å². The zero-order valence-electron chi connectivity index (χ0n) is 13.7. The normalized spacial score (nSPS) is 10.9. The Morgan fingerprint density at radius 1 is 0.926 bits per heavy atom. The van der Waals surface area contributed by atoms with E-state index in [1.54, 1.807) is 36.4 Å². The Hall–Kier alpha value is -3.61. The van der Waals surface area contributed by atoms with Crippen LogP contribution < -0.4 is 0 Å². The molecule has 0 aliphatic rings. The van der Waals surface area contributed by atoms with E-state index in [0.717, 1.165) is 6.07 Å². The third kappa shape index (κ3) is 2.93. The molecule has 0 aliphatic carbocycles. The quantitative estimate of drug-likeness (QED) is 0.540. The Kier molecular flexibility index (Phi) is 4.12. The molecule has 0 saturated carbocycles. The third-order valence-corrected chi connectivity index (χ3v) is 4.22. The second kappa shape index (κ2) is 6.60. The molecular formula is C20H11F3N2O2. The fourth-order valence-electron chi connectivity index (χ4n) is 2.91. The van der Waals surface area contributed by atoms with E-state index in [1.165, 1.54) is 18.2 Å². The highest BCUT2D eigenvalue weighted by Crippen LogP contribution is 2.28. The third-order valence-electron chi connectivity index (χ3n) is 4.22. The number of aromatic amines is 1. The molecule has 4 rings (SSSR count). The van der Waals surface area contributed by atoms with Crippen LogP contribution in [0.3, 0.4) is 0 Å². The van der Waals surface area contributed by atoms with Crippen LogP contribution in [0.4, 0.5) is 13.3 Å². The molecule has 3 aromatic carbocycles. The molecule has 4 nitrogen and oxygen atoms in total. The molecule has 7 heteroatoms. The van der Waals surface area contributed by atoms with Crippen LogP contribution >= 0.6 is 0 Å². The molecular weight excluding hydrogens is 357 g/mol. The minimum atomic E-state index is -1.13. The molecule has 0 saturated heterocycles. The minimum absolute atomic E-state index is 0.00375. The lowest BCUT2D eigenvalue weighted by molar-refractivity contribution is -0.0786. The van der Waals surface area contributed by atoms with Crippen molar-refractivity contribution in [2.75, 3.05) is 0 Å². The summed E-state index contributed by atoms with van der Waals surface area (Å²) in [5.41, 5.74) is 2.12. The Balaban J connectivity index is 1.74. The van der Waals surface area contributed by atoms with E-state index in [4.69, 9.17) is 0 Å². The first-order valence-electron chi connectivity index (χ1n) is 7.95. The van der Waals surface area contributed by atoms with Crippen molar-refractivity contribution in [3.8, 4) is 22.5 Å². The highest BCUT2D eigenvalue weighted by atomic mass is 19.3. The maximum Gasteiger partial charge on any atom is 0.381 e. The van der Waals surface area contributed by atoms with Gasteiger partial charge in [0.05, 0.1) is 11.1 Å². The van der Waals surface area contributed by atoms with Crippen molar-refractivity contribution < 1.29 is 23.0 Å². The summed E-state index contributed by atoms with van der Waals surface area (Å²) in [4.78, 5) is 22.2. The number of carbonyl (C=O) groups is 1. The van der Waals surface area contributed by atoms with Gasteiger partial charge < -0.3 is 4.98 Å². The minimum Gasteiger partial charge on any atom is -0.338 e. The second-order valence-electron chi connectivity index (χ2n) is 5.83. The molecule has 0 radical (unpaired) electrons. The van der Waals surface area contributed by atoms with Crippen LogP contribution in [-0.2, 0) is 4.94 Å². The van der Waals surface area contributed by atoms with E-state index in [0.29, 0.717) is 22.5 Å². The number of rotatable bonds is 3. The smallest absolute Gasteiger partial charge is 0.338 e. The lowest BCUT2D eigenvalue weighted by Gasteiger charge is -2.05. The Morgan fingerprint density at radius 3 is 2.37 bits per heavy atom. The van der Waals surface area contributed by atoms with E-state index < -0.39 is 17.6 Å². The maximum absolute atomic E-state index is 13.9. The van der Waals surface area contributed by atoms with Gasteiger partial charge in [0.2, 0.25) is 0 Å². The van der Waals surface area contributed by atoms with Gasteiger partial charge in [-0.3, -0.25) is 0 Å². The van der Waals surface area contributed by atoms with Gasteiger partial charge in [-0.1, -0.05) is 42.5 Å². The van der Waals surface area contributed by atoms with Crippen LogP contribution in [0.2, 0.25) is 0 Å². The molecule has 4 aromatic rings. The van der Waals surface area contributed by atoms with E-state index in [2.05, 4.69) is 14.9 Å². The van der Waals surface area contributed by atoms with Gasteiger partial charge in [0.25, 0.3) is 0 Å². The summed E-state index contributed by atoms with van der Waals surface area (Å²) in [6, 6.07) is 15.3. The fourth-order valence-corrected chi connectivity index (χ4v) is 2.91. The van der Waals surface area contributed by atoms with Crippen molar-refractivity contribution >= 4 is 17.0 Å². The lowest BCUT2D eigenvalue weighted by Crippen LogP contribution is -1.99. The fraction of sp³-hybridized carbons (Fsp3) is 0. The molecule has 0 fully saturated rings. The summed E-state index contributed by atoms with van der Waals surface area (Å²) in [6.45, 7) is 0. The largest absolute Gasteiger partial charge is 0.381 e. The molecule has 0 atom stereocenters. The Labute approximate surface area is 151 Å². The van der Waals surface area contributed by atoms with Gasteiger partial charge in [-0.2, -0.15) is 0 Å². The second-order valence-corrected chi connectivity index (χ2v) is 5.83. The molecule has 1 aromatic heterocycles. The van der Waals surface area contributed by atoms with Crippen molar-refractivity contribution in [3.63, 3.8) is 0 Å². The van der Waals surface area contributed by atoms with Gasteiger partial charge in [-0.15, -0.1) is 0 Å². The van der Waals surface area contributed by atoms with Gasteiger partial charge in [-0.25, -0.2) is 23.5 Å². The molecule has 1 heterocycles. The van der Waals surface area contributed by atoms with Gasteiger partial charge >= 0.3 is 5.97 Å². The molecule has 0 bridgehead atoms. The molecule has 1 N–H and O–H groups in total. The van der Waals surface area contributed by atoms with Crippen molar-refractivity contribution in [1.29, 1.82) is 0 Å². The van der Waals surface area contributed by atoms with Crippen LogP contribution in [0, 0.1) is 11.6 Å². The molecule has 0 amide bonds. The van der Waals surface area contributed by atoms with Crippen LogP contribution in [0.5, 0.6) is 0 Å². The van der Waals surface area contributed by atoms with Gasteiger partial charge in [0.15, 0.2) is 11.6 Å². The zero-order chi connectivity index (χ0) is 19.0.